The highest BCUT2D eigenvalue weighted by Gasteiger charge is 2.33. The molecule has 0 saturated carbocycles. The molecule has 0 bridgehead atoms. The molecule has 1 atom stereocenters. The van der Waals surface area contributed by atoms with Crippen molar-refractivity contribution in [3.05, 3.63) is 65.5 Å². The average Bonchev–Trinajstić information content (AvgIpc) is 2.49. The standard InChI is InChI=1S/C15H13N3O/c1-15(10-19)13-5-3-2-4-12(13)14(17-18-15)11-6-8-16-9-7-11/h2-10,18H,1H3. The monoisotopic (exact) mass is 251 g/mol. The summed E-state index contributed by atoms with van der Waals surface area (Å²) in [6.07, 6.45) is 4.35. The van der Waals surface area contributed by atoms with Crippen LogP contribution in [0.4, 0.5) is 0 Å². The van der Waals surface area contributed by atoms with Gasteiger partial charge in [-0.3, -0.25) is 10.4 Å². The van der Waals surface area contributed by atoms with E-state index in [1.54, 1.807) is 12.4 Å². The second kappa shape index (κ2) is 4.31. The summed E-state index contributed by atoms with van der Waals surface area (Å²) in [4.78, 5) is 15.4. The number of nitrogens with one attached hydrogen (secondary N) is 1. The summed E-state index contributed by atoms with van der Waals surface area (Å²) < 4.78 is 0. The fourth-order valence-corrected chi connectivity index (χ4v) is 2.25. The zero-order valence-corrected chi connectivity index (χ0v) is 10.5. The molecule has 1 aliphatic rings. The van der Waals surface area contributed by atoms with Gasteiger partial charge in [0.05, 0.1) is 5.71 Å². The Morgan fingerprint density at radius 1 is 1.16 bits per heavy atom. The highest BCUT2D eigenvalue weighted by Crippen LogP contribution is 2.28. The lowest BCUT2D eigenvalue weighted by Crippen LogP contribution is -2.43. The summed E-state index contributed by atoms with van der Waals surface area (Å²) in [6, 6.07) is 11.6. The van der Waals surface area contributed by atoms with Gasteiger partial charge in [-0.05, 0) is 24.6 Å². The van der Waals surface area contributed by atoms with E-state index in [0.717, 1.165) is 28.7 Å². The fourth-order valence-electron chi connectivity index (χ4n) is 2.25. The second-order valence-electron chi connectivity index (χ2n) is 4.67. The maximum Gasteiger partial charge on any atom is 0.151 e. The first-order valence-corrected chi connectivity index (χ1v) is 6.06. The molecule has 4 nitrogen and oxygen atoms in total. The van der Waals surface area contributed by atoms with Gasteiger partial charge in [0, 0.05) is 23.5 Å². The van der Waals surface area contributed by atoms with Crippen molar-refractivity contribution in [3.8, 4) is 0 Å². The number of fused-ring (bicyclic) bond motifs is 1. The zero-order chi connectivity index (χ0) is 13.3. The molecule has 0 fully saturated rings. The molecule has 0 saturated heterocycles. The molecule has 94 valence electrons. The van der Waals surface area contributed by atoms with E-state index in [2.05, 4.69) is 15.5 Å². The third-order valence-corrected chi connectivity index (χ3v) is 3.33. The number of aldehydes is 1. The minimum Gasteiger partial charge on any atom is -0.300 e. The van der Waals surface area contributed by atoms with E-state index in [-0.39, 0.29) is 0 Å². The van der Waals surface area contributed by atoms with Crippen molar-refractivity contribution in [1.29, 1.82) is 0 Å². The maximum absolute atomic E-state index is 11.3. The van der Waals surface area contributed by atoms with Crippen molar-refractivity contribution in [1.82, 2.24) is 10.4 Å². The number of hydrogen-bond acceptors (Lipinski definition) is 4. The summed E-state index contributed by atoms with van der Waals surface area (Å²) >= 11 is 0. The Labute approximate surface area is 111 Å². The predicted molar refractivity (Wildman–Crippen MR) is 72.9 cm³/mol. The number of benzene rings is 1. The van der Waals surface area contributed by atoms with Gasteiger partial charge in [0.25, 0.3) is 0 Å². The molecule has 1 aromatic carbocycles. The lowest BCUT2D eigenvalue weighted by Gasteiger charge is -2.31. The summed E-state index contributed by atoms with van der Waals surface area (Å²) in [5.74, 6) is 0. The molecule has 1 unspecified atom stereocenters. The van der Waals surface area contributed by atoms with Crippen LogP contribution in [-0.2, 0) is 10.3 Å². The van der Waals surface area contributed by atoms with Crippen LogP contribution >= 0.6 is 0 Å². The predicted octanol–water partition coefficient (Wildman–Crippen LogP) is 1.85. The van der Waals surface area contributed by atoms with Gasteiger partial charge < -0.3 is 4.79 Å². The molecule has 4 heteroatoms. The molecule has 1 N–H and O–H groups in total. The van der Waals surface area contributed by atoms with Crippen LogP contribution in [0.15, 0.2) is 53.9 Å². The molecule has 0 aliphatic carbocycles. The number of hydrogen-bond donors (Lipinski definition) is 1. The van der Waals surface area contributed by atoms with E-state index in [1.165, 1.54) is 0 Å². The van der Waals surface area contributed by atoms with Crippen molar-refractivity contribution in [2.24, 2.45) is 5.10 Å². The third-order valence-electron chi connectivity index (χ3n) is 3.33. The molecule has 19 heavy (non-hydrogen) atoms. The molecular weight excluding hydrogens is 238 g/mol. The van der Waals surface area contributed by atoms with E-state index in [1.807, 2.05) is 43.3 Å². The van der Waals surface area contributed by atoms with Crippen LogP contribution in [0.5, 0.6) is 0 Å². The number of carbonyl (C=O) groups is 1. The van der Waals surface area contributed by atoms with Crippen molar-refractivity contribution in [2.75, 3.05) is 0 Å². The minimum absolute atomic E-state index is 0.771. The summed E-state index contributed by atoms with van der Waals surface area (Å²) in [5.41, 5.74) is 5.90. The number of aromatic nitrogens is 1. The Bertz CT molecular complexity index is 651. The molecular formula is C15H13N3O. The quantitative estimate of drug-likeness (QED) is 0.829. The molecule has 1 aromatic heterocycles. The van der Waals surface area contributed by atoms with Gasteiger partial charge in [0.2, 0.25) is 0 Å². The van der Waals surface area contributed by atoms with Crippen LogP contribution in [0, 0.1) is 0 Å². The summed E-state index contributed by atoms with van der Waals surface area (Å²) in [5, 5.41) is 4.37. The normalized spacial score (nSPS) is 21.0. The van der Waals surface area contributed by atoms with Gasteiger partial charge in [-0.2, -0.15) is 5.10 Å². The summed E-state index contributed by atoms with van der Waals surface area (Å²) in [7, 11) is 0. The van der Waals surface area contributed by atoms with Gasteiger partial charge in [-0.25, -0.2) is 0 Å². The lowest BCUT2D eigenvalue weighted by atomic mass is 9.85. The molecule has 2 heterocycles. The summed E-state index contributed by atoms with van der Waals surface area (Å²) in [6.45, 7) is 1.83. The van der Waals surface area contributed by atoms with Gasteiger partial charge in [-0.15, -0.1) is 0 Å². The number of rotatable bonds is 2. The maximum atomic E-state index is 11.3. The number of pyridine rings is 1. The van der Waals surface area contributed by atoms with Gasteiger partial charge in [0.1, 0.15) is 5.54 Å². The molecule has 2 aromatic rings. The van der Waals surface area contributed by atoms with Crippen molar-refractivity contribution in [3.63, 3.8) is 0 Å². The van der Waals surface area contributed by atoms with E-state index >= 15 is 0 Å². The van der Waals surface area contributed by atoms with E-state index in [4.69, 9.17) is 0 Å². The minimum atomic E-state index is -0.771. The first-order valence-electron chi connectivity index (χ1n) is 6.06. The van der Waals surface area contributed by atoms with E-state index in [0.29, 0.717) is 0 Å². The molecule has 0 radical (unpaired) electrons. The largest absolute Gasteiger partial charge is 0.300 e. The van der Waals surface area contributed by atoms with E-state index in [9.17, 15) is 4.79 Å². The van der Waals surface area contributed by atoms with Crippen LogP contribution in [0.2, 0.25) is 0 Å². The lowest BCUT2D eigenvalue weighted by molar-refractivity contribution is -0.113. The Kier molecular flexibility index (Phi) is 2.63. The van der Waals surface area contributed by atoms with Crippen LogP contribution in [0.1, 0.15) is 23.6 Å². The highest BCUT2D eigenvalue weighted by atomic mass is 16.1. The van der Waals surface area contributed by atoms with Gasteiger partial charge in [0.15, 0.2) is 6.29 Å². The first-order chi connectivity index (χ1) is 9.24. The number of hydrazone groups is 1. The van der Waals surface area contributed by atoms with Crippen LogP contribution in [0.3, 0.4) is 0 Å². The van der Waals surface area contributed by atoms with Crippen LogP contribution < -0.4 is 5.43 Å². The SMILES string of the molecule is CC1(C=O)NN=C(c2ccncc2)c2ccccc21. The highest BCUT2D eigenvalue weighted by molar-refractivity contribution is 6.14. The third kappa shape index (κ3) is 1.81. The van der Waals surface area contributed by atoms with Crippen molar-refractivity contribution < 1.29 is 4.79 Å². The zero-order valence-electron chi connectivity index (χ0n) is 10.5. The smallest absolute Gasteiger partial charge is 0.151 e. The van der Waals surface area contributed by atoms with E-state index < -0.39 is 5.54 Å². The number of carbonyl (C=O) groups excluding carboxylic acids is 1. The van der Waals surface area contributed by atoms with Crippen molar-refractivity contribution in [2.45, 2.75) is 12.5 Å². The fraction of sp³-hybridized carbons (Fsp3) is 0.133. The Morgan fingerprint density at radius 2 is 1.89 bits per heavy atom. The van der Waals surface area contributed by atoms with Gasteiger partial charge >= 0.3 is 0 Å². The van der Waals surface area contributed by atoms with Crippen molar-refractivity contribution >= 4 is 12.0 Å². The average molecular weight is 251 g/mol. The van der Waals surface area contributed by atoms with Gasteiger partial charge in [-0.1, -0.05) is 24.3 Å². The van der Waals surface area contributed by atoms with Crippen LogP contribution in [-0.4, -0.2) is 17.0 Å². The Hall–Kier alpha value is -2.49. The second-order valence-corrected chi connectivity index (χ2v) is 4.67. The van der Waals surface area contributed by atoms with Crippen LogP contribution in [0.25, 0.3) is 0 Å². The molecule has 0 spiro atoms. The molecule has 3 rings (SSSR count). The Balaban J connectivity index is 2.19. The molecule has 1 aliphatic heterocycles. The Morgan fingerprint density at radius 3 is 2.63 bits per heavy atom. The first kappa shape index (κ1) is 11.6. The molecule has 0 amide bonds. The number of nitrogens with zero attached hydrogens (tertiary/aromatic N) is 2. The topological polar surface area (TPSA) is 54.4 Å².